The molecule has 0 radical (unpaired) electrons. The summed E-state index contributed by atoms with van der Waals surface area (Å²) in [4.78, 5) is 16.9. The number of hydrogen-bond donors (Lipinski definition) is 0. The molecule has 1 amide bonds. The summed E-state index contributed by atoms with van der Waals surface area (Å²) in [5, 5.41) is 4.00. The highest BCUT2D eigenvalue weighted by Gasteiger charge is 2.28. The second-order valence-electron chi connectivity index (χ2n) is 8.04. The minimum absolute atomic E-state index is 0.0779. The van der Waals surface area contributed by atoms with Crippen LogP contribution in [0.5, 0.6) is 0 Å². The van der Waals surface area contributed by atoms with E-state index in [1.807, 2.05) is 43.0 Å². The first kappa shape index (κ1) is 21.3. The minimum atomic E-state index is -0.0779. The Morgan fingerprint density at radius 2 is 2.17 bits per heavy atom. The topological polar surface area (TPSA) is 72.0 Å². The number of hydrogen-bond acceptors (Lipinski definition) is 6. The standard InChI is InChI=1S/C22H31N3O4/c1-16(2)11-25-13-20(28-15-21-17(3)23-29-18(21)4)12-24(14-22(25)26)9-5-7-19-8-6-10-27-19/h5-8,10,16,20H,9,11-15H2,1-4H3. The average Bonchev–Trinajstić information content (AvgIpc) is 3.25. The summed E-state index contributed by atoms with van der Waals surface area (Å²) in [6, 6.07) is 3.77. The van der Waals surface area contributed by atoms with E-state index in [9.17, 15) is 4.79 Å². The molecule has 2 aromatic heterocycles. The van der Waals surface area contributed by atoms with E-state index in [1.54, 1.807) is 6.26 Å². The van der Waals surface area contributed by atoms with Gasteiger partial charge in [0.1, 0.15) is 11.5 Å². The van der Waals surface area contributed by atoms with Crippen LogP contribution in [0.4, 0.5) is 0 Å². The molecule has 1 aliphatic heterocycles. The van der Waals surface area contributed by atoms with Crippen molar-refractivity contribution in [1.29, 1.82) is 0 Å². The Balaban J connectivity index is 1.67. The fraction of sp³-hybridized carbons (Fsp3) is 0.545. The normalized spacial score (nSPS) is 18.9. The molecular weight excluding hydrogens is 370 g/mol. The van der Waals surface area contributed by atoms with Gasteiger partial charge in [0.25, 0.3) is 0 Å². The van der Waals surface area contributed by atoms with Crippen LogP contribution in [0.3, 0.4) is 0 Å². The number of carbonyl (C=O) groups is 1. The monoisotopic (exact) mass is 401 g/mol. The van der Waals surface area contributed by atoms with Gasteiger partial charge in [0.15, 0.2) is 0 Å². The molecule has 3 heterocycles. The van der Waals surface area contributed by atoms with Gasteiger partial charge in [-0.15, -0.1) is 0 Å². The fourth-order valence-electron chi connectivity index (χ4n) is 3.52. The molecule has 3 rings (SSSR count). The molecule has 1 fully saturated rings. The Kier molecular flexibility index (Phi) is 7.28. The predicted molar refractivity (Wildman–Crippen MR) is 110 cm³/mol. The van der Waals surface area contributed by atoms with Crippen molar-refractivity contribution in [2.24, 2.45) is 5.92 Å². The first-order valence-corrected chi connectivity index (χ1v) is 10.2. The van der Waals surface area contributed by atoms with Crippen LogP contribution in [0.15, 0.2) is 33.4 Å². The van der Waals surface area contributed by atoms with Crippen LogP contribution < -0.4 is 0 Å². The summed E-state index contributed by atoms with van der Waals surface area (Å²) in [5.74, 6) is 2.14. The lowest BCUT2D eigenvalue weighted by atomic mass is 10.2. The van der Waals surface area contributed by atoms with E-state index >= 15 is 0 Å². The van der Waals surface area contributed by atoms with Gasteiger partial charge >= 0.3 is 0 Å². The Morgan fingerprint density at radius 1 is 1.34 bits per heavy atom. The van der Waals surface area contributed by atoms with E-state index in [2.05, 4.69) is 23.9 Å². The number of amides is 1. The molecule has 1 unspecified atom stereocenters. The van der Waals surface area contributed by atoms with Crippen molar-refractivity contribution in [2.75, 3.05) is 32.7 Å². The second kappa shape index (κ2) is 9.89. The van der Waals surface area contributed by atoms with E-state index in [0.29, 0.717) is 38.7 Å². The van der Waals surface area contributed by atoms with Gasteiger partial charge in [-0.05, 0) is 38.0 Å². The van der Waals surface area contributed by atoms with E-state index in [0.717, 1.165) is 29.3 Å². The molecule has 1 atom stereocenters. The maximum Gasteiger partial charge on any atom is 0.236 e. The molecule has 0 saturated carbocycles. The zero-order valence-corrected chi connectivity index (χ0v) is 17.8. The first-order chi connectivity index (χ1) is 13.9. The number of nitrogens with zero attached hydrogens (tertiary/aromatic N) is 3. The summed E-state index contributed by atoms with van der Waals surface area (Å²) in [6.07, 6.45) is 5.53. The number of rotatable bonds is 8. The van der Waals surface area contributed by atoms with E-state index in [-0.39, 0.29) is 12.0 Å². The van der Waals surface area contributed by atoms with Gasteiger partial charge in [0, 0.05) is 31.7 Å². The highest BCUT2D eigenvalue weighted by molar-refractivity contribution is 5.78. The van der Waals surface area contributed by atoms with Crippen molar-refractivity contribution in [2.45, 2.75) is 40.4 Å². The Labute approximate surface area is 172 Å². The summed E-state index contributed by atoms with van der Waals surface area (Å²) in [5.41, 5.74) is 1.84. The summed E-state index contributed by atoms with van der Waals surface area (Å²) >= 11 is 0. The van der Waals surface area contributed by atoms with Gasteiger partial charge < -0.3 is 18.6 Å². The largest absolute Gasteiger partial charge is 0.465 e. The Hall–Kier alpha value is -2.38. The van der Waals surface area contributed by atoms with Crippen LogP contribution in [0.1, 0.15) is 36.6 Å². The van der Waals surface area contributed by atoms with Crippen molar-refractivity contribution < 1.29 is 18.5 Å². The number of aromatic nitrogens is 1. The predicted octanol–water partition coefficient (Wildman–Crippen LogP) is 3.28. The Bertz CT molecular complexity index is 791. The van der Waals surface area contributed by atoms with Crippen LogP contribution in [-0.4, -0.2) is 59.7 Å². The third-order valence-electron chi connectivity index (χ3n) is 5.02. The van der Waals surface area contributed by atoms with E-state index < -0.39 is 0 Å². The molecule has 0 spiro atoms. The lowest BCUT2D eigenvalue weighted by Gasteiger charge is -2.26. The molecule has 0 bridgehead atoms. The molecule has 0 aliphatic carbocycles. The maximum atomic E-state index is 12.8. The van der Waals surface area contributed by atoms with Gasteiger partial charge in [0.05, 0.1) is 31.2 Å². The van der Waals surface area contributed by atoms with Crippen LogP contribution in [0, 0.1) is 19.8 Å². The quantitative estimate of drug-likeness (QED) is 0.676. The van der Waals surface area contributed by atoms with Crippen LogP contribution in [0.25, 0.3) is 6.08 Å². The highest BCUT2D eigenvalue weighted by Crippen LogP contribution is 2.17. The van der Waals surface area contributed by atoms with Crippen molar-refractivity contribution in [1.82, 2.24) is 15.0 Å². The molecule has 2 aromatic rings. The molecule has 0 N–H and O–H groups in total. The second-order valence-corrected chi connectivity index (χ2v) is 8.04. The van der Waals surface area contributed by atoms with Crippen molar-refractivity contribution >= 4 is 12.0 Å². The lowest BCUT2D eigenvalue weighted by molar-refractivity contribution is -0.132. The molecular formula is C22H31N3O4. The SMILES string of the molecule is Cc1noc(C)c1COC1CN(CC=Cc2ccco2)CC(=O)N(CC(C)C)C1. The van der Waals surface area contributed by atoms with Gasteiger partial charge in [-0.25, -0.2) is 0 Å². The van der Waals surface area contributed by atoms with E-state index in [1.165, 1.54) is 0 Å². The fourth-order valence-corrected chi connectivity index (χ4v) is 3.52. The van der Waals surface area contributed by atoms with Gasteiger partial charge in [-0.1, -0.05) is 25.1 Å². The van der Waals surface area contributed by atoms with Crippen molar-refractivity contribution in [3.05, 3.63) is 47.2 Å². The molecule has 0 aromatic carbocycles. The van der Waals surface area contributed by atoms with Crippen molar-refractivity contribution in [3.8, 4) is 0 Å². The zero-order chi connectivity index (χ0) is 20.8. The van der Waals surface area contributed by atoms with Crippen LogP contribution in [0.2, 0.25) is 0 Å². The summed E-state index contributed by atoms with van der Waals surface area (Å²) < 4.78 is 16.8. The highest BCUT2D eigenvalue weighted by atomic mass is 16.5. The first-order valence-electron chi connectivity index (χ1n) is 10.2. The summed E-state index contributed by atoms with van der Waals surface area (Å²) in [7, 11) is 0. The molecule has 7 heteroatoms. The number of aryl methyl sites for hydroxylation is 2. The Morgan fingerprint density at radius 3 is 2.83 bits per heavy atom. The maximum absolute atomic E-state index is 12.8. The third-order valence-corrected chi connectivity index (χ3v) is 5.02. The number of ether oxygens (including phenoxy) is 1. The van der Waals surface area contributed by atoms with Gasteiger partial charge in [-0.2, -0.15) is 0 Å². The number of furan rings is 1. The molecule has 158 valence electrons. The molecule has 1 aliphatic rings. The lowest BCUT2D eigenvalue weighted by Crippen LogP contribution is -2.40. The van der Waals surface area contributed by atoms with Crippen LogP contribution >= 0.6 is 0 Å². The van der Waals surface area contributed by atoms with Crippen molar-refractivity contribution in [3.63, 3.8) is 0 Å². The van der Waals surface area contributed by atoms with Gasteiger partial charge in [0.2, 0.25) is 5.91 Å². The smallest absolute Gasteiger partial charge is 0.236 e. The molecule has 1 saturated heterocycles. The van der Waals surface area contributed by atoms with Gasteiger partial charge in [-0.3, -0.25) is 9.69 Å². The molecule has 7 nitrogen and oxygen atoms in total. The minimum Gasteiger partial charge on any atom is -0.465 e. The zero-order valence-electron chi connectivity index (χ0n) is 17.8. The molecule has 29 heavy (non-hydrogen) atoms. The summed E-state index contributed by atoms with van der Waals surface area (Å²) in [6.45, 7) is 11.6. The van der Waals surface area contributed by atoms with Crippen LogP contribution in [-0.2, 0) is 16.1 Å². The third kappa shape index (κ3) is 6.05. The average molecular weight is 402 g/mol. The number of carbonyl (C=O) groups excluding carboxylic acids is 1. The van der Waals surface area contributed by atoms with E-state index in [4.69, 9.17) is 13.7 Å².